The number of carboxylic acid groups (broad SMARTS) is 1. The van der Waals surface area contributed by atoms with E-state index in [0.717, 1.165) is 39.3 Å². The fraction of sp³-hybridized carbons (Fsp3) is 0.917. The maximum Gasteiger partial charge on any atom is 0.304 e. The zero-order chi connectivity index (χ0) is 12.7. The summed E-state index contributed by atoms with van der Waals surface area (Å²) < 4.78 is 5.72. The molecule has 17 heavy (non-hydrogen) atoms. The average Bonchev–Trinajstić information content (AvgIpc) is 2.34. The van der Waals surface area contributed by atoms with Crippen molar-refractivity contribution >= 4 is 5.97 Å². The lowest BCUT2D eigenvalue weighted by atomic mass is 10.2. The SMILES string of the molecule is CCN1CCOC(CN(CC)CCC(=O)O)C1. The smallest absolute Gasteiger partial charge is 0.304 e. The standard InChI is InChI=1S/C12H24N2O3/c1-3-13(6-5-12(15)16)9-11-10-14(4-2)7-8-17-11/h11H,3-10H2,1-2H3,(H,15,16). The highest BCUT2D eigenvalue weighted by Gasteiger charge is 2.21. The number of ether oxygens (including phenoxy) is 1. The molecule has 1 saturated heterocycles. The zero-order valence-electron chi connectivity index (χ0n) is 10.9. The lowest BCUT2D eigenvalue weighted by Gasteiger charge is -2.34. The zero-order valence-corrected chi connectivity index (χ0v) is 10.9. The van der Waals surface area contributed by atoms with Crippen LogP contribution in [0.3, 0.4) is 0 Å². The summed E-state index contributed by atoms with van der Waals surface area (Å²) in [6.07, 6.45) is 0.426. The largest absolute Gasteiger partial charge is 0.481 e. The molecule has 0 spiro atoms. The van der Waals surface area contributed by atoms with E-state index in [1.54, 1.807) is 0 Å². The molecule has 1 N–H and O–H groups in total. The summed E-state index contributed by atoms with van der Waals surface area (Å²) in [7, 11) is 0. The van der Waals surface area contributed by atoms with E-state index in [0.29, 0.717) is 6.54 Å². The number of nitrogens with zero attached hydrogens (tertiary/aromatic N) is 2. The Kier molecular flexibility index (Phi) is 6.47. The highest BCUT2D eigenvalue weighted by atomic mass is 16.5. The van der Waals surface area contributed by atoms with Gasteiger partial charge in [-0.15, -0.1) is 0 Å². The van der Waals surface area contributed by atoms with E-state index in [4.69, 9.17) is 9.84 Å². The third-order valence-corrected chi connectivity index (χ3v) is 3.22. The van der Waals surface area contributed by atoms with Gasteiger partial charge in [0.05, 0.1) is 19.1 Å². The number of hydrogen-bond donors (Lipinski definition) is 1. The predicted octanol–water partition coefficient (Wildman–Crippen LogP) is 0.504. The lowest BCUT2D eigenvalue weighted by Crippen LogP contribution is -2.47. The molecule has 0 aromatic heterocycles. The maximum atomic E-state index is 10.5. The second kappa shape index (κ2) is 7.63. The van der Waals surface area contributed by atoms with Crippen LogP contribution in [0.1, 0.15) is 20.3 Å². The number of hydrogen-bond acceptors (Lipinski definition) is 4. The van der Waals surface area contributed by atoms with Crippen LogP contribution in [0.2, 0.25) is 0 Å². The van der Waals surface area contributed by atoms with Gasteiger partial charge in [-0.05, 0) is 13.1 Å². The molecule has 0 amide bonds. The molecule has 0 aromatic carbocycles. The molecule has 1 aliphatic heterocycles. The van der Waals surface area contributed by atoms with E-state index in [2.05, 4.69) is 23.6 Å². The minimum atomic E-state index is -0.733. The number of carboxylic acids is 1. The molecule has 1 heterocycles. The summed E-state index contributed by atoms with van der Waals surface area (Å²) in [5.74, 6) is -0.733. The van der Waals surface area contributed by atoms with E-state index in [1.165, 1.54) is 0 Å². The summed E-state index contributed by atoms with van der Waals surface area (Å²) >= 11 is 0. The molecule has 5 heteroatoms. The van der Waals surface area contributed by atoms with Gasteiger partial charge in [-0.2, -0.15) is 0 Å². The van der Waals surface area contributed by atoms with Gasteiger partial charge in [0, 0.05) is 26.2 Å². The van der Waals surface area contributed by atoms with Crippen molar-refractivity contribution in [3.8, 4) is 0 Å². The lowest BCUT2D eigenvalue weighted by molar-refractivity contribution is -0.137. The van der Waals surface area contributed by atoms with Crippen LogP contribution < -0.4 is 0 Å². The van der Waals surface area contributed by atoms with Crippen LogP contribution in [0, 0.1) is 0 Å². The first-order valence-corrected chi connectivity index (χ1v) is 6.43. The van der Waals surface area contributed by atoms with Crippen LogP contribution in [0.4, 0.5) is 0 Å². The molecule has 1 aliphatic rings. The molecule has 1 unspecified atom stereocenters. The van der Waals surface area contributed by atoms with Crippen molar-refractivity contribution in [2.45, 2.75) is 26.4 Å². The fourth-order valence-corrected chi connectivity index (χ4v) is 2.10. The minimum Gasteiger partial charge on any atom is -0.481 e. The monoisotopic (exact) mass is 244 g/mol. The van der Waals surface area contributed by atoms with Gasteiger partial charge in [0.2, 0.25) is 0 Å². The second-order valence-electron chi connectivity index (χ2n) is 4.42. The van der Waals surface area contributed by atoms with Crippen LogP contribution in [0.25, 0.3) is 0 Å². The first-order valence-electron chi connectivity index (χ1n) is 6.43. The molecule has 0 aromatic rings. The molecule has 0 radical (unpaired) electrons. The van der Waals surface area contributed by atoms with Crippen molar-refractivity contribution in [2.24, 2.45) is 0 Å². The van der Waals surface area contributed by atoms with E-state index in [1.807, 2.05) is 0 Å². The second-order valence-corrected chi connectivity index (χ2v) is 4.42. The normalized spacial score (nSPS) is 21.9. The molecule has 0 bridgehead atoms. The van der Waals surface area contributed by atoms with Gasteiger partial charge < -0.3 is 14.7 Å². The first-order chi connectivity index (χ1) is 8.15. The molecule has 100 valence electrons. The van der Waals surface area contributed by atoms with Crippen LogP contribution in [-0.4, -0.2) is 72.9 Å². The summed E-state index contributed by atoms with van der Waals surface area (Å²) in [4.78, 5) is 15.1. The fourth-order valence-electron chi connectivity index (χ4n) is 2.10. The van der Waals surface area contributed by atoms with Crippen LogP contribution in [0.5, 0.6) is 0 Å². The molecule has 0 saturated carbocycles. The van der Waals surface area contributed by atoms with Crippen molar-refractivity contribution in [1.82, 2.24) is 9.80 Å². The molecular weight excluding hydrogens is 220 g/mol. The summed E-state index contributed by atoms with van der Waals surface area (Å²) in [5.41, 5.74) is 0. The number of rotatable bonds is 7. The molecule has 1 atom stereocenters. The Morgan fingerprint density at radius 3 is 2.88 bits per heavy atom. The van der Waals surface area contributed by atoms with Crippen molar-refractivity contribution in [1.29, 1.82) is 0 Å². The average molecular weight is 244 g/mol. The van der Waals surface area contributed by atoms with Crippen LogP contribution in [0.15, 0.2) is 0 Å². The number of morpholine rings is 1. The molecule has 1 fully saturated rings. The highest BCUT2D eigenvalue weighted by molar-refractivity contribution is 5.66. The van der Waals surface area contributed by atoms with Crippen molar-refractivity contribution in [3.05, 3.63) is 0 Å². The van der Waals surface area contributed by atoms with Gasteiger partial charge in [0.1, 0.15) is 0 Å². The van der Waals surface area contributed by atoms with Gasteiger partial charge in [-0.1, -0.05) is 13.8 Å². The topological polar surface area (TPSA) is 53.0 Å². The number of carbonyl (C=O) groups is 1. The highest BCUT2D eigenvalue weighted by Crippen LogP contribution is 2.07. The molecule has 5 nitrogen and oxygen atoms in total. The Morgan fingerprint density at radius 1 is 1.53 bits per heavy atom. The Hall–Kier alpha value is -0.650. The van der Waals surface area contributed by atoms with Gasteiger partial charge in [-0.3, -0.25) is 9.69 Å². The Labute approximate surface area is 103 Å². The molecule has 0 aliphatic carbocycles. The third-order valence-electron chi connectivity index (χ3n) is 3.22. The Morgan fingerprint density at radius 2 is 2.29 bits per heavy atom. The molecule has 1 rings (SSSR count). The summed E-state index contributed by atoms with van der Waals surface area (Å²) in [6.45, 7) is 10.3. The molecular formula is C12H24N2O3. The Balaban J connectivity index is 2.31. The van der Waals surface area contributed by atoms with Gasteiger partial charge in [0.15, 0.2) is 0 Å². The first kappa shape index (κ1) is 14.4. The maximum absolute atomic E-state index is 10.5. The van der Waals surface area contributed by atoms with Gasteiger partial charge in [-0.25, -0.2) is 0 Å². The van der Waals surface area contributed by atoms with Crippen molar-refractivity contribution < 1.29 is 14.6 Å². The number of likely N-dealkylation sites (N-methyl/N-ethyl adjacent to an activating group) is 2. The predicted molar refractivity (Wildman–Crippen MR) is 66.2 cm³/mol. The van der Waals surface area contributed by atoms with Crippen LogP contribution in [-0.2, 0) is 9.53 Å². The van der Waals surface area contributed by atoms with Gasteiger partial charge >= 0.3 is 5.97 Å². The number of aliphatic carboxylic acids is 1. The van der Waals surface area contributed by atoms with Crippen molar-refractivity contribution in [2.75, 3.05) is 45.9 Å². The summed E-state index contributed by atoms with van der Waals surface area (Å²) in [5, 5.41) is 8.68. The van der Waals surface area contributed by atoms with Crippen LogP contribution >= 0.6 is 0 Å². The minimum absolute atomic E-state index is 0.206. The van der Waals surface area contributed by atoms with E-state index in [-0.39, 0.29) is 12.5 Å². The van der Waals surface area contributed by atoms with E-state index in [9.17, 15) is 4.79 Å². The van der Waals surface area contributed by atoms with Gasteiger partial charge in [0.25, 0.3) is 0 Å². The summed E-state index contributed by atoms with van der Waals surface area (Å²) in [6, 6.07) is 0. The van der Waals surface area contributed by atoms with Crippen molar-refractivity contribution in [3.63, 3.8) is 0 Å². The third kappa shape index (κ3) is 5.48. The van der Waals surface area contributed by atoms with E-state index >= 15 is 0 Å². The quantitative estimate of drug-likeness (QED) is 0.707. The van der Waals surface area contributed by atoms with E-state index < -0.39 is 5.97 Å². The Bertz CT molecular complexity index is 236.